The Morgan fingerprint density at radius 3 is 2.52 bits per heavy atom. The van der Waals surface area contributed by atoms with Crippen molar-refractivity contribution in [2.24, 2.45) is 0 Å². The molecule has 1 heterocycles. The van der Waals surface area contributed by atoms with Gasteiger partial charge in [-0.25, -0.2) is 9.78 Å². The number of carbonyl (C=O) groups is 2. The minimum atomic E-state index is -0.766. The van der Waals surface area contributed by atoms with Crippen LogP contribution in [-0.2, 0) is 14.3 Å². The molecule has 6 nitrogen and oxygen atoms in total. The molecule has 7 heteroatoms. The number of nitrogens with one attached hydrogen (secondary N) is 1. The molecule has 2 aromatic carbocycles. The average molecular weight is 410 g/mol. The highest BCUT2D eigenvalue weighted by Crippen LogP contribution is 2.25. The number of ether oxygens (including phenoxy) is 2. The fourth-order valence-electron chi connectivity index (χ4n) is 2.53. The second kappa shape index (κ2) is 9.84. The molecular weight excluding hydrogens is 388 g/mol. The fourth-order valence-corrected chi connectivity index (χ4v) is 3.27. The molecule has 0 aliphatic carbocycles. The molecule has 29 heavy (non-hydrogen) atoms. The Kier molecular flexibility index (Phi) is 6.97. The Hall–Kier alpha value is -3.19. The van der Waals surface area contributed by atoms with Crippen LogP contribution in [0.1, 0.15) is 18.9 Å². The van der Waals surface area contributed by atoms with Gasteiger partial charge in [0.2, 0.25) is 0 Å². The fraction of sp³-hybridized carbons (Fsp3) is 0.227. The molecular formula is C22H22N2O4S. The minimum Gasteiger partial charge on any atom is -0.479 e. The van der Waals surface area contributed by atoms with Crippen molar-refractivity contribution in [3.63, 3.8) is 0 Å². The van der Waals surface area contributed by atoms with Crippen molar-refractivity contribution in [1.82, 2.24) is 4.98 Å². The summed E-state index contributed by atoms with van der Waals surface area (Å²) < 4.78 is 10.7. The van der Waals surface area contributed by atoms with Crippen molar-refractivity contribution in [3.8, 4) is 17.0 Å². The quantitative estimate of drug-likeness (QED) is 0.555. The lowest BCUT2D eigenvalue weighted by molar-refractivity contribution is -0.154. The third-order valence-corrected chi connectivity index (χ3v) is 4.86. The summed E-state index contributed by atoms with van der Waals surface area (Å²) in [5.41, 5.74) is 2.92. The van der Waals surface area contributed by atoms with Gasteiger partial charge < -0.3 is 9.47 Å². The zero-order valence-corrected chi connectivity index (χ0v) is 17.1. The van der Waals surface area contributed by atoms with Crippen LogP contribution < -0.4 is 10.1 Å². The maximum atomic E-state index is 12.2. The summed E-state index contributed by atoms with van der Waals surface area (Å²) in [6, 6.07) is 17.0. The molecule has 0 spiro atoms. The maximum Gasteiger partial charge on any atom is 0.347 e. The molecule has 0 fully saturated rings. The molecule has 0 bridgehead atoms. The first kappa shape index (κ1) is 20.5. The van der Waals surface area contributed by atoms with Crippen LogP contribution in [0.25, 0.3) is 11.3 Å². The summed E-state index contributed by atoms with van der Waals surface area (Å²) in [5.74, 6) is -0.448. The first-order chi connectivity index (χ1) is 14.0. The molecule has 0 saturated heterocycles. The summed E-state index contributed by atoms with van der Waals surface area (Å²) >= 11 is 1.32. The molecule has 3 rings (SSSR count). The topological polar surface area (TPSA) is 77.5 Å². The van der Waals surface area contributed by atoms with Gasteiger partial charge in [-0.15, -0.1) is 11.3 Å². The molecule has 0 aliphatic heterocycles. The summed E-state index contributed by atoms with van der Waals surface area (Å²) in [4.78, 5) is 28.7. The average Bonchev–Trinajstić information content (AvgIpc) is 3.20. The number of aromatic nitrogens is 1. The summed E-state index contributed by atoms with van der Waals surface area (Å²) in [6.07, 6.45) is -0.333. The Bertz CT molecular complexity index is 954. The minimum absolute atomic E-state index is 0.396. The Balaban J connectivity index is 1.50. The molecule has 3 aromatic rings. The zero-order valence-electron chi connectivity index (χ0n) is 16.3. The van der Waals surface area contributed by atoms with Crippen molar-refractivity contribution < 1.29 is 19.1 Å². The Morgan fingerprint density at radius 1 is 1.10 bits per heavy atom. The Morgan fingerprint density at radius 2 is 1.83 bits per heavy atom. The molecule has 0 aliphatic rings. The second-order valence-corrected chi connectivity index (χ2v) is 7.25. The Labute approximate surface area is 173 Å². The number of aryl methyl sites for hydroxylation is 1. The third kappa shape index (κ3) is 5.89. The van der Waals surface area contributed by atoms with Crippen molar-refractivity contribution in [2.45, 2.75) is 26.4 Å². The molecule has 0 saturated carbocycles. The molecule has 0 radical (unpaired) electrons. The van der Waals surface area contributed by atoms with Crippen LogP contribution in [0.15, 0.2) is 60.0 Å². The second-order valence-electron chi connectivity index (χ2n) is 6.39. The van der Waals surface area contributed by atoms with E-state index in [1.54, 1.807) is 12.1 Å². The highest BCUT2D eigenvalue weighted by molar-refractivity contribution is 7.14. The summed E-state index contributed by atoms with van der Waals surface area (Å²) in [6.45, 7) is 3.44. The van der Waals surface area contributed by atoms with Gasteiger partial charge in [-0.05, 0) is 25.5 Å². The van der Waals surface area contributed by atoms with Gasteiger partial charge in [-0.1, -0.05) is 55.0 Å². The van der Waals surface area contributed by atoms with Crippen molar-refractivity contribution >= 4 is 28.3 Å². The van der Waals surface area contributed by atoms with Gasteiger partial charge in [0.15, 0.2) is 17.8 Å². The third-order valence-electron chi connectivity index (χ3n) is 4.10. The van der Waals surface area contributed by atoms with Crippen LogP contribution >= 0.6 is 11.3 Å². The van der Waals surface area contributed by atoms with Crippen LogP contribution in [-0.4, -0.2) is 29.6 Å². The van der Waals surface area contributed by atoms with Crippen LogP contribution in [0.2, 0.25) is 0 Å². The van der Waals surface area contributed by atoms with E-state index in [1.807, 2.05) is 61.7 Å². The first-order valence-electron chi connectivity index (χ1n) is 9.26. The SMILES string of the molecule is CC[C@H](Oc1ccccc1)C(=O)OCC(=O)Nc1nc(-c2ccc(C)cc2)cs1. The van der Waals surface area contributed by atoms with Gasteiger partial charge in [-0.3, -0.25) is 10.1 Å². The van der Waals surface area contributed by atoms with Gasteiger partial charge in [0, 0.05) is 10.9 Å². The molecule has 150 valence electrons. The number of hydrogen-bond donors (Lipinski definition) is 1. The predicted molar refractivity (Wildman–Crippen MR) is 113 cm³/mol. The largest absolute Gasteiger partial charge is 0.479 e. The lowest BCUT2D eigenvalue weighted by atomic mass is 10.1. The number of hydrogen-bond acceptors (Lipinski definition) is 6. The van der Waals surface area contributed by atoms with E-state index in [-0.39, 0.29) is 0 Å². The van der Waals surface area contributed by atoms with E-state index in [4.69, 9.17) is 9.47 Å². The molecule has 1 atom stereocenters. The smallest absolute Gasteiger partial charge is 0.347 e. The highest BCUT2D eigenvalue weighted by Gasteiger charge is 2.21. The monoisotopic (exact) mass is 410 g/mol. The highest BCUT2D eigenvalue weighted by atomic mass is 32.1. The van der Waals surface area contributed by atoms with E-state index in [0.717, 1.165) is 11.3 Å². The number of rotatable bonds is 8. The number of para-hydroxylation sites is 1. The predicted octanol–water partition coefficient (Wildman–Crippen LogP) is 4.46. The van der Waals surface area contributed by atoms with Crippen molar-refractivity contribution in [3.05, 3.63) is 65.5 Å². The normalized spacial score (nSPS) is 11.5. The van der Waals surface area contributed by atoms with E-state index >= 15 is 0 Å². The summed E-state index contributed by atoms with van der Waals surface area (Å²) in [7, 11) is 0. The van der Waals surface area contributed by atoms with Crippen molar-refractivity contribution in [2.75, 3.05) is 11.9 Å². The number of anilines is 1. The number of thiazole rings is 1. The number of benzene rings is 2. The zero-order chi connectivity index (χ0) is 20.6. The van der Waals surface area contributed by atoms with Crippen molar-refractivity contribution in [1.29, 1.82) is 0 Å². The number of nitrogens with zero attached hydrogens (tertiary/aromatic N) is 1. The van der Waals surface area contributed by atoms with Crippen LogP contribution in [0.3, 0.4) is 0 Å². The van der Waals surface area contributed by atoms with Gasteiger partial charge >= 0.3 is 5.97 Å². The number of esters is 1. The van der Waals surface area contributed by atoms with Crippen LogP contribution in [0.5, 0.6) is 5.75 Å². The van der Waals surface area contributed by atoms with Gasteiger partial charge in [-0.2, -0.15) is 0 Å². The molecule has 1 N–H and O–H groups in total. The number of carbonyl (C=O) groups excluding carboxylic acids is 2. The van der Waals surface area contributed by atoms with E-state index < -0.39 is 24.6 Å². The summed E-state index contributed by atoms with van der Waals surface area (Å²) in [5, 5.41) is 4.98. The maximum absolute atomic E-state index is 12.2. The first-order valence-corrected chi connectivity index (χ1v) is 10.1. The lowest BCUT2D eigenvalue weighted by Gasteiger charge is -2.16. The van der Waals surface area contributed by atoms with E-state index in [9.17, 15) is 9.59 Å². The molecule has 0 unspecified atom stereocenters. The lowest BCUT2D eigenvalue weighted by Crippen LogP contribution is -2.31. The van der Waals surface area contributed by atoms with E-state index in [1.165, 1.54) is 16.9 Å². The molecule has 1 amide bonds. The van der Waals surface area contributed by atoms with Gasteiger partial charge in [0.05, 0.1) is 5.69 Å². The number of amides is 1. The van der Waals surface area contributed by atoms with Gasteiger partial charge in [0.1, 0.15) is 5.75 Å². The van der Waals surface area contributed by atoms with Crippen LogP contribution in [0.4, 0.5) is 5.13 Å². The van der Waals surface area contributed by atoms with E-state index in [2.05, 4.69) is 10.3 Å². The van der Waals surface area contributed by atoms with Gasteiger partial charge in [0.25, 0.3) is 5.91 Å². The molecule has 1 aromatic heterocycles. The van der Waals surface area contributed by atoms with Crippen LogP contribution in [0, 0.1) is 6.92 Å². The van der Waals surface area contributed by atoms with E-state index in [0.29, 0.717) is 17.3 Å². The standard InChI is InChI=1S/C22H22N2O4S/c1-3-19(28-17-7-5-4-6-8-17)21(26)27-13-20(25)24-22-23-18(14-29-22)16-11-9-15(2)10-12-16/h4-12,14,19H,3,13H2,1-2H3,(H,23,24,25)/t19-/m0/s1.